The lowest BCUT2D eigenvalue weighted by atomic mass is 10.0. The SMILES string of the molecule is Cc1cc(C)nc(N2CCN(C3c4ccccc4-c4ccccc43)CC2)n1. The summed E-state index contributed by atoms with van der Waals surface area (Å²) in [4.78, 5) is 14.2. The Balaban J connectivity index is 1.41. The second kappa shape index (κ2) is 6.46. The van der Waals surface area contributed by atoms with Gasteiger partial charge in [-0.2, -0.15) is 0 Å². The minimum Gasteiger partial charge on any atom is -0.338 e. The lowest BCUT2D eigenvalue weighted by molar-refractivity contribution is 0.214. The first-order valence-corrected chi connectivity index (χ1v) is 9.70. The third kappa shape index (κ3) is 2.81. The smallest absolute Gasteiger partial charge is 0.225 e. The summed E-state index contributed by atoms with van der Waals surface area (Å²) in [5, 5.41) is 0. The Kier molecular flexibility index (Phi) is 3.94. The standard InChI is InChI=1S/C23H24N4/c1-16-15-17(2)25-23(24-16)27-13-11-26(12-14-27)22-20-9-5-3-7-18(20)19-8-4-6-10-21(19)22/h3-10,15,22H,11-14H2,1-2H3. The molecule has 4 nitrogen and oxygen atoms in total. The molecule has 0 amide bonds. The molecule has 0 bridgehead atoms. The highest BCUT2D eigenvalue weighted by Crippen LogP contribution is 2.46. The van der Waals surface area contributed by atoms with Gasteiger partial charge >= 0.3 is 0 Å². The van der Waals surface area contributed by atoms with Gasteiger partial charge in [-0.1, -0.05) is 48.5 Å². The highest BCUT2D eigenvalue weighted by Gasteiger charge is 2.34. The van der Waals surface area contributed by atoms with Crippen LogP contribution in [0.4, 0.5) is 5.95 Å². The summed E-state index contributed by atoms with van der Waals surface area (Å²) in [6.45, 7) is 8.04. The first kappa shape index (κ1) is 16.5. The summed E-state index contributed by atoms with van der Waals surface area (Å²) >= 11 is 0. The molecular weight excluding hydrogens is 332 g/mol. The molecule has 2 heterocycles. The van der Waals surface area contributed by atoms with Gasteiger partial charge in [-0.3, -0.25) is 4.90 Å². The summed E-state index contributed by atoms with van der Waals surface area (Å²) in [6.07, 6.45) is 0. The lowest BCUT2D eigenvalue weighted by Crippen LogP contribution is -2.48. The Bertz CT molecular complexity index is 923. The van der Waals surface area contributed by atoms with Crippen LogP contribution >= 0.6 is 0 Å². The van der Waals surface area contributed by atoms with Crippen molar-refractivity contribution in [1.29, 1.82) is 0 Å². The Hall–Kier alpha value is -2.72. The summed E-state index contributed by atoms with van der Waals surface area (Å²) in [5.74, 6) is 0.874. The van der Waals surface area contributed by atoms with Gasteiger partial charge in [-0.25, -0.2) is 9.97 Å². The van der Waals surface area contributed by atoms with Crippen LogP contribution < -0.4 is 4.90 Å². The third-order valence-corrected chi connectivity index (χ3v) is 5.73. The van der Waals surface area contributed by atoms with Crippen LogP contribution in [0, 0.1) is 13.8 Å². The van der Waals surface area contributed by atoms with Crippen molar-refractivity contribution in [3.63, 3.8) is 0 Å². The second-order valence-electron chi connectivity index (χ2n) is 7.55. The van der Waals surface area contributed by atoms with Crippen molar-refractivity contribution in [2.45, 2.75) is 19.9 Å². The largest absolute Gasteiger partial charge is 0.338 e. The maximum absolute atomic E-state index is 4.65. The van der Waals surface area contributed by atoms with E-state index in [1.807, 2.05) is 19.9 Å². The van der Waals surface area contributed by atoms with E-state index < -0.39 is 0 Å². The van der Waals surface area contributed by atoms with Gasteiger partial charge < -0.3 is 4.90 Å². The van der Waals surface area contributed by atoms with E-state index in [2.05, 4.69) is 68.3 Å². The monoisotopic (exact) mass is 356 g/mol. The van der Waals surface area contributed by atoms with Crippen molar-refractivity contribution < 1.29 is 0 Å². The number of rotatable bonds is 2. The number of hydrogen-bond acceptors (Lipinski definition) is 4. The van der Waals surface area contributed by atoms with E-state index >= 15 is 0 Å². The molecule has 0 N–H and O–H groups in total. The van der Waals surface area contributed by atoms with Crippen molar-refractivity contribution >= 4 is 5.95 Å². The maximum Gasteiger partial charge on any atom is 0.225 e. The Morgan fingerprint density at radius 2 is 1.26 bits per heavy atom. The molecule has 27 heavy (non-hydrogen) atoms. The van der Waals surface area contributed by atoms with Crippen LogP contribution in [-0.4, -0.2) is 41.0 Å². The summed E-state index contributed by atoms with van der Waals surface area (Å²) in [5.41, 5.74) is 7.73. The maximum atomic E-state index is 4.65. The van der Waals surface area contributed by atoms with Gasteiger partial charge in [0.25, 0.3) is 0 Å². The fraction of sp³-hybridized carbons (Fsp3) is 0.304. The predicted octanol–water partition coefficient (Wildman–Crippen LogP) is 3.99. The van der Waals surface area contributed by atoms with E-state index in [1.54, 1.807) is 0 Å². The van der Waals surface area contributed by atoms with E-state index in [0.29, 0.717) is 6.04 Å². The number of fused-ring (bicyclic) bond motifs is 3. The average molecular weight is 356 g/mol. The van der Waals surface area contributed by atoms with Crippen molar-refractivity contribution in [2.24, 2.45) is 0 Å². The van der Waals surface area contributed by atoms with Crippen molar-refractivity contribution in [2.75, 3.05) is 31.1 Å². The van der Waals surface area contributed by atoms with Crippen LogP contribution in [0.15, 0.2) is 54.6 Å². The van der Waals surface area contributed by atoms with Crippen LogP contribution in [0.1, 0.15) is 28.6 Å². The van der Waals surface area contributed by atoms with Crippen LogP contribution in [0.2, 0.25) is 0 Å². The third-order valence-electron chi connectivity index (χ3n) is 5.73. The van der Waals surface area contributed by atoms with Crippen LogP contribution in [0.25, 0.3) is 11.1 Å². The molecule has 2 aliphatic rings. The Morgan fingerprint density at radius 1 is 0.741 bits per heavy atom. The number of piperazine rings is 1. The molecule has 3 aromatic rings. The van der Waals surface area contributed by atoms with Gasteiger partial charge in [0.1, 0.15) is 0 Å². The van der Waals surface area contributed by atoms with Gasteiger partial charge in [-0.05, 0) is 42.2 Å². The Labute approximate surface area is 160 Å². The number of aryl methyl sites for hydroxylation is 2. The summed E-state index contributed by atoms with van der Waals surface area (Å²) in [6, 6.07) is 20.1. The van der Waals surface area contributed by atoms with Gasteiger partial charge in [0.15, 0.2) is 0 Å². The van der Waals surface area contributed by atoms with Gasteiger partial charge in [0.2, 0.25) is 5.95 Å². The summed E-state index contributed by atoms with van der Waals surface area (Å²) in [7, 11) is 0. The second-order valence-corrected chi connectivity index (χ2v) is 7.55. The number of benzene rings is 2. The van der Waals surface area contributed by atoms with Crippen LogP contribution in [0.5, 0.6) is 0 Å². The number of hydrogen-bond donors (Lipinski definition) is 0. The number of nitrogens with zero attached hydrogens (tertiary/aromatic N) is 4. The molecule has 2 aromatic carbocycles. The molecule has 0 saturated carbocycles. The molecule has 4 heteroatoms. The van der Waals surface area contributed by atoms with Gasteiger partial charge in [0, 0.05) is 37.6 Å². The zero-order chi connectivity index (χ0) is 18.4. The first-order chi connectivity index (χ1) is 13.2. The van der Waals surface area contributed by atoms with Gasteiger partial charge in [-0.15, -0.1) is 0 Å². The zero-order valence-electron chi connectivity index (χ0n) is 15.9. The summed E-state index contributed by atoms with van der Waals surface area (Å²) < 4.78 is 0. The van der Waals surface area contributed by atoms with Crippen LogP contribution in [-0.2, 0) is 0 Å². The molecule has 0 atom stereocenters. The number of aromatic nitrogens is 2. The minimum absolute atomic E-state index is 0.361. The van der Waals surface area contributed by atoms with E-state index in [-0.39, 0.29) is 0 Å². The lowest BCUT2D eigenvalue weighted by Gasteiger charge is -2.38. The quantitative estimate of drug-likeness (QED) is 0.695. The fourth-order valence-corrected chi connectivity index (χ4v) is 4.55. The van der Waals surface area contributed by atoms with Crippen molar-refractivity contribution in [1.82, 2.24) is 14.9 Å². The average Bonchev–Trinajstić information content (AvgIpc) is 3.02. The topological polar surface area (TPSA) is 32.3 Å². The Morgan fingerprint density at radius 3 is 1.81 bits per heavy atom. The molecule has 1 aromatic heterocycles. The zero-order valence-corrected chi connectivity index (χ0v) is 15.9. The number of anilines is 1. The highest BCUT2D eigenvalue weighted by atomic mass is 15.3. The molecular formula is C23H24N4. The molecule has 1 fully saturated rings. The van der Waals surface area contributed by atoms with E-state index in [1.165, 1.54) is 22.3 Å². The molecule has 0 radical (unpaired) electrons. The highest BCUT2D eigenvalue weighted by molar-refractivity contribution is 5.78. The molecule has 136 valence electrons. The fourth-order valence-electron chi connectivity index (χ4n) is 4.55. The molecule has 1 aliphatic carbocycles. The van der Waals surface area contributed by atoms with Crippen molar-refractivity contribution in [3.8, 4) is 11.1 Å². The molecule has 1 aliphatic heterocycles. The normalized spacial score (nSPS) is 17.0. The van der Waals surface area contributed by atoms with Crippen molar-refractivity contribution in [3.05, 3.63) is 77.1 Å². The predicted molar refractivity (Wildman–Crippen MR) is 109 cm³/mol. The first-order valence-electron chi connectivity index (χ1n) is 9.70. The van der Waals surface area contributed by atoms with Gasteiger partial charge in [0.05, 0.1) is 6.04 Å². The van der Waals surface area contributed by atoms with E-state index in [9.17, 15) is 0 Å². The van der Waals surface area contributed by atoms with Crippen LogP contribution in [0.3, 0.4) is 0 Å². The molecule has 5 rings (SSSR count). The van der Waals surface area contributed by atoms with E-state index in [0.717, 1.165) is 43.5 Å². The molecule has 0 spiro atoms. The molecule has 0 unspecified atom stereocenters. The molecule has 1 saturated heterocycles. The van der Waals surface area contributed by atoms with E-state index in [4.69, 9.17) is 0 Å². The minimum atomic E-state index is 0.361.